The zero-order valence-corrected chi connectivity index (χ0v) is 9.90. The van der Waals surface area contributed by atoms with Crippen molar-refractivity contribution in [3.63, 3.8) is 0 Å². The fourth-order valence-electron chi connectivity index (χ4n) is 1.30. The number of nitrogens with one attached hydrogen (secondary N) is 1. The molecule has 1 rings (SSSR count). The highest BCUT2D eigenvalue weighted by molar-refractivity contribution is 5.75. The smallest absolute Gasteiger partial charge is 0.323 e. The standard InChI is InChI=1S/C13H19NO2/c1-3-9-14-11(2)13(15)16-10-12-7-5-4-6-8-12/h4-8,11,14H,3,9-10H2,1-2H3. The zero-order chi connectivity index (χ0) is 11.8. The third-order valence-electron chi connectivity index (χ3n) is 2.28. The molecule has 0 fully saturated rings. The van der Waals surface area contributed by atoms with E-state index < -0.39 is 0 Å². The molecule has 0 saturated carbocycles. The molecule has 0 aliphatic rings. The third-order valence-corrected chi connectivity index (χ3v) is 2.28. The van der Waals surface area contributed by atoms with Gasteiger partial charge in [0.15, 0.2) is 0 Å². The molecule has 0 bridgehead atoms. The second-order valence-corrected chi connectivity index (χ2v) is 3.77. The Bertz CT molecular complexity index is 311. The molecule has 0 amide bonds. The molecule has 3 heteroatoms. The average Bonchev–Trinajstić information content (AvgIpc) is 2.34. The fraction of sp³-hybridized carbons (Fsp3) is 0.462. The first-order valence-corrected chi connectivity index (χ1v) is 5.68. The zero-order valence-electron chi connectivity index (χ0n) is 9.90. The van der Waals surface area contributed by atoms with Gasteiger partial charge in [0.05, 0.1) is 0 Å². The van der Waals surface area contributed by atoms with Crippen LogP contribution in [-0.2, 0) is 16.1 Å². The fourth-order valence-corrected chi connectivity index (χ4v) is 1.30. The van der Waals surface area contributed by atoms with Gasteiger partial charge in [0.2, 0.25) is 0 Å². The van der Waals surface area contributed by atoms with Crippen LogP contribution in [0.1, 0.15) is 25.8 Å². The van der Waals surface area contributed by atoms with Crippen molar-refractivity contribution in [1.82, 2.24) is 5.32 Å². The summed E-state index contributed by atoms with van der Waals surface area (Å²) in [7, 11) is 0. The van der Waals surface area contributed by atoms with Gasteiger partial charge in [-0.05, 0) is 25.5 Å². The quantitative estimate of drug-likeness (QED) is 0.748. The van der Waals surface area contributed by atoms with E-state index in [0.29, 0.717) is 6.61 Å². The Morgan fingerprint density at radius 3 is 2.69 bits per heavy atom. The maximum Gasteiger partial charge on any atom is 0.323 e. The Balaban J connectivity index is 2.29. The molecular formula is C13H19NO2. The molecule has 0 aromatic heterocycles. The van der Waals surface area contributed by atoms with Crippen molar-refractivity contribution in [2.24, 2.45) is 0 Å². The van der Waals surface area contributed by atoms with E-state index in [0.717, 1.165) is 18.5 Å². The number of benzene rings is 1. The van der Waals surface area contributed by atoms with Gasteiger partial charge >= 0.3 is 5.97 Å². The summed E-state index contributed by atoms with van der Waals surface area (Å²) >= 11 is 0. The summed E-state index contributed by atoms with van der Waals surface area (Å²) in [5.74, 6) is -0.197. The van der Waals surface area contributed by atoms with Crippen LogP contribution in [0.25, 0.3) is 0 Å². The Kier molecular flexibility index (Phi) is 5.57. The van der Waals surface area contributed by atoms with Crippen molar-refractivity contribution < 1.29 is 9.53 Å². The van der Waals surface area contributed by atoms with Gasteiger partial charge in [0.1, 0.15) is 12.6 Å². The topological polar surface area (TPSA) is 38.3 Å². The van der Waals surface area contributed by atoms with Crippen LogP contribution in [0.4, 0.5) is 0 Å². The molecule has 1 aromatic rings. The number of rotatable bonds is 6. The van der Waals surface area contributed by atoms with E-state index in [2.05, 4.69) is 12.2 Å². The maximum absolute atomic E-state index is 11.5. The van der Waals surface area contributed by atoms with Crippen molar-refractivity contribution in [2.45, 2.75) is 32.9 Å². The average molecular weight is 221 g/mol. The summed E-state index contributed by atoms with van der Waals surface area (Å²) in [4.78, 5) is 11.5. The predicted molar refractivity (Wildman–Crippen MR) is 64.0 cm³/mol. The monoisotopic (exact) mass is 221 g/mol. The molecule has 1 aromatic carbocycles. The van der Waals surface area contributed by atoms with Gasteiger partial charge in [-0.1, -0.05) is 37.3 Å². The molecule has 1 unspecified atom stereocenters. The van der Waals surface area contributed by atoms with Gasteiger partial charge in [0, 0.05) is 0 Å². The van der Waals surface area contributed by atoms with Gasteiger partial charge in [-0.3, -0.25) is 4.79 Å². The summed E-state index contributed by atoms with van der Waals surface area (Å²) in [6, 6.07) is 9.46. The van der Waals surface area contributed by atoms with Crippen LogP contribution in [0.3, 0.4) is 0 Å². The molecule has 1 N–H and O–H groups in total. The van der Waals surface area contributed by atoms with Crippen molar-refractivity contribution in [3.8, 4) is 0 Å². The first kappa shape index (κ1) is 12.7. The summed E-state index contributed by atoms with van der Waals surface area (Å²) in [6.45, 7) is 5.07. The number of hydrogen-bond acceptors (Lipinski definition) is 3. The summed E-state index contributed by atoms with van der Waals surface area (Å²) in [5, 5.41) is 3.09. The van der Waals surface area contributed by atoms with Crippen LogP contribution < -0.4 is 5.32 Å². The molecule has 3 nitrogen and oxygen atoms in total. The summed E-state index contributed by atoms with van der Waals surface area (Å²) in [6.07, 6.45) is 1.01. The van der Waals surface area contributed by atoms with Gasteiger partial charge in [0.25, 0.3) is 0 Å². The van der Waals surface area contributed by atoms with E-state index in [9.17, 15) is 4.79 Å². The van der Waals surface area contributed by atoms with Gasteiger partial charge in [-0.2, -0.15) is 0 Å². The minimum absolute atomic E-state index is 0.197. The van der Waals surface area contributed by atoms with E-state index >= 15 is 0 Å². The van der Waals surface area contributed by atoms with E-state index in [1.165, 1.54) is 0 Å². The van der Waals surface area contributed by atoms with Crippen molar-refractivity contribution in [3.05, 3.63) is 35.9 Å². The van der Waals surface area contributed by atoms with Crippen LogP contribution in [0.5, 0.6) is 0 Å². The molecule has 16 heavy (non-hydrogen) atoms. The van der Waals surface area contributed by atoms with Gasteiger partial charge in [-0.25, -0.2) is 0 Å². The molecule has 0 aliphatic heterocycles. The summed E-state index contributed by atoms with van der Waals surface area (Å²) < 4.78 is 5.19. The highest BCUT2D eigenvalue weighted by atomic mass is 16.5. The van der Waals surface area contributed by atoms with Crippen molar-refractivity contribution in [2.75, 3.05) is 6.54 Å². The van der Waals surface area contributed by atoms with Crippen molar-refractivity contribution >= 4 is 5.97 Å². The molecule has 0 radical (unpaired) electrons. The Morgan fingerprint density at radius 1 is 1.38 bits per heavy atom. The minimum Gasteiger partial charge on any atom is -0.460 e. The maximum atomic E-state index is 11.5. The molecule has 0 saturated heterocycles. The second kappa shape index (κ2) is 7.01. The highest BCUT2D eigenvalue weighted by Crippen LogP contribution is 2.01. The van der Waals surface area contributed by atoms with E-state index in [-0.39, 0.29) is 12.0 Å². The lowest BCUT2D eigenvalue weighted by Gasteiger charge is -2.12. The molecule has 0 heterocycles. The number of ether oxygens (including phenoxy) is 1. The Hall–Kier alpha value is -1.35. The first-order valence-electron chi connectivity index (χ1n) is 5.68. The lowest BCUT2D eigenvalue weighted by Crippen LogP contribution is -2.35. The largest absolute Gasteiger partial charge is 0.460 e. The van der Waals surface area contributed by atoms with Crippen LogP contribution in [-0.4, -0.2) is 18.6 Å². The molecule has 88 valence electrons. The normalized spacial score (nSPS) is 12.1. The van der Waals surface area contributed by atoms with Crippen LogP contribution in [0.15, 0.2) is 30.3 Å². The Labute approximate surface area is 96.8 Å². The predicted octanol–water partition coefficient (Wildman–Crippen LogP) is 2.12. The van der Waals surface area contributed by atoms with Crippen LogP contribution in [0, 0.1) is 0 Å². The lowest BCUT2D eigenvalue weighted by atomic mass is 10.2. The van der Waals surface area contributed by atoms with Gasteiger partial charge < -0.3 is 10.1 Å². The van der Waals surface area contributed by atoms with E-state index in [1.54, 1.807) is 0 Å². The first-order chi connectivity index (χ1) is 7.74. The number of esters is 1. The molecule has 0 spiro atoms. The minimum atomic E-state index is -0.233. The number of hydrogen-bond donors (Lipinski definition) is 1. The van der Waals surface area contributed by atoms with Crippen molar-refractivity contribution in [1.29, 1.82) is 0 Å². The van der Waals surface area contributed by atoms with E-state index in [1.807, 2.05) is 37.3 Å². The molecule has 1 atom stereocenters. The highest BCUT2D eigenvalue weighted by Gasteiger charge is 2.12. The summed E-state index contributed by atoms with van der Waals surface area (Å²) in [5.41, 5.74) is 1.01. The SMILES string of the molecule is CCCNC(C)C(=O)OCc1ccccc1. The lowest BCUT2D eigenvalue weighted by molar-refractivity contribution is -0.147. The third kappa shape index (κ3) is 4.45. The van der Waals surface area contributed by atoms with Crippen LogP contribution >= 0.6 is 0 Å². The Morgan fingerprint density at radius 2 is 2.06 bits per heavy atom. The van der Waals surface area contributed by atoms with E-state index in [4.69, 9.17) is 4.74 Å². The van der Waals surface area contributed by atoms with Gasteiger partial charge in [-0.15, -0.1) is 0 Å². The van der Waals surface area contributed by atoms with Crippen LogP contribution in [0.2, 0.25) is 0 Å². The molecular weight excluding hydrogens is 202 g/mol. The number of carbonyl (C=O) groups excluding carboxylic acids is 1. The second-order valence-electron chi connectivity index (χ2n) is 3.77. The molecule has 0 aliphatic carbocycles. The number of carbonyl (C=O) groups is 1.